The molecule has 36 heavy (non-hydrogen) atoms. The summed E-state index contributed by atoms with van der Waals surface area (Å²) in [6.07, 6.45) is -1.89. The second kappa shape index (κ2) is 10.0. The summed E-state index contributed by atoms with van der Waals surface area (Å²) in [6, 6.07) is 12.1. The highest BCUT2D eigenvalue weighted by Gasteiger charge is 2.35. The van der Waals surface area contributed by atoms with Gasteiger partial charge in [-0.05, 0) is 42.1 Å². The SMILES string of the molecule is CSCOC(=O)c1cc(-c2nsc(-c3cccc(S(C)(=O)=O)c3)n2)n(-c2ccccc2C(F)(F)F)n1. The second-order valence-electron chi connectivity index (χ2n) is 7.40. The summed E-state index contributed by atoms with van der Waals surface area (Å²) < 4.78 is 75.3. The van der Waals surface area contributed by atoms with E-state index in [1.165, 1.54) is 48.2 Å². The van der Waals surface area contributed by atoms with Crippen LogP contribution in [0.25, 0.3) is 27.8 Å². The minimum absolute atomic E-state index is 0.00755. The number of para-hydroxylation sites is 1. The summed E-state index contributed by atoms with van der Waals surface area (Å²) in [4.78, 5) is 16.9. The Bertz CT molecular complexity index is 1530. The van der Waals surface area contributed by atoms with Crippen LogP contribution in [-0.4, -0.2) is 52.0 Å². The molecule has 0 unspecified atom stereocenters. The van der Waals surface area contributed by atoms with E-state index in [0.29, 0.717) is 10.6 Å². The molecule has 8 nitrogen and oxygen atoms in total. The first-order valence-electron chi connectivity index (χ1n) is 10.1. The number of carbonyl (C=O) groups is 1. The van der Waals surface area contributed by atoms with Crippen molar-refractivity contribution >= 4 is 39.1 Å². The first kappa shape index (κ1) is 25.9. The maximum absolute atomic E-state index is 13.7. The predicted octanol–water partition coefficient (Wildman–Crippen LogP) is 4.96. The summed E-state index contributed by atoms with van der Waals surface area (Å²) >= 11 is 2.17. The van der Waals surface area contributed by atoms with E-state index in [4.69, 9.17) is 4.74 Å². The zero-order valence-electron chi connectivity index (χ0n) is 18.7. The number of rotatable bonds is 7. The van der Waals surface area contributed by atoms with Gasteiger partial charge in [0.05, 0.1) is 16.1 Å². The van der Waals surface area contributed by atoms with Crippen molar-refractivity contribution in [2.45, 2.75) is 11.1 Å². The van der Waals surface area contributed by atoms with Crippen molar-refractivity contribution < 1.29 is 31.1 Å². The number of carbonyl (C=O) groups excluding carboxylic acids is 1. The number of aromatic nitrogens is 4. The lowest BCUT2D eigenvalue weighted by atomic mass is 10.1. The van der Waals surface area contributed by atoms with E-state index >= 15 is 0 Å². The van der Waals surface area contributed by atoms with Crippen molar-refractivity contribution in [2.75, 3.05) is 18.5 Å². The second-order valence-corrected chi connectivity index (χ2v) is 11.0. The van der Waals surface area contributed by atoms with Gasteiger partial charge >= 0.3 is 12.1 Å². The number of esters is 1. The highest BCUT2D eigenvalue weighted by molar-refractivity contribution is 7.98. The maximum atomic E-state index is 13.7. The van der Waals surface area contributed by atoms with Gasteiger partial charge in [-0.3, -0.25) is 0 Å². The monoisotopic (exact) mass is 554 g/mol. The molecule has 0 aliphatic carbocycles. The number of hydrogen-bond donors (Lipinski definition) is 0. The fourth-order valence-corrected chi connectivity index (χ4v) is 4.77. The highest BCUT2D eigenvalue weighted by Crippen LogP contribution is 2.36. The van der Waals surface area contributed by atoms with Gasteiger partial charge in [0.2, 0.25) is 0 Å². The van der Waals surface area contributed by atoms with Gasteiger partial charge in [0.25, 0.3) is 0 Å². The number of sulfone groups is 1. The van der Waals surface area contributed by atoms with E-state index in [-0.39, 0.29) is 33.7 Å². The van der Waals surface area contributed by atoms with Crippen LogP contribution in [0.3, 0.4) is 0 Å². The molecule has 2 heterocycles. The van der Waals surface area contributed by atoms with E-state index in [0.717, 1.165) is 28.5 Å². The van der Waals surface area contributed by atoms with Gasteiger partial charge in [-0.1, -0.05) is 24.3 Å². The minimum atomic E-state index is -4.69. The summed E-state index contributed by atoms with van der Waals surface area (Å²) in [6.45, 7) is 0. The van der Waals surface area contributed by atoms with E-state index in [1.54, 1.807) is 18.4 Å². The molecule has 0 atom stereocenters. The van der Waals surface area contributed by atoms with Gasteiger partial charge in [-0.25, -0.2) is 22.9 Å². The molecule has 4 aromatic rings. The molecule has 0 N–H and O–H groups in total. The quantitative estimate of drug-likeness (QED) is 0.233. The van der Waals surface area contributed by atoms with E-state index < -0.39 is 27.5 Å². The van der Waals surface area contributed by atoms with Crippen LogP contribution in [0, 0.1) is 0 Å². The van der Waals surface area contributed by atoms with Gasteiger partial charge in [0.15, 0.2) is 21.4 Å². The Morgan fingerprint density at radius 3 is 2.58 bits per heavy atom. The molecule has 0 saturated heterocycles. The van der Waals surface area contributed by atoms with E-state index in [2.05, 4.69) is 14.5 Å². The van der Waals surface area contributed by atoms with Crippen molar-refractivity contribution in [1.82, 2.24) is 19.1 Å². The first-order valence-corrected chi connectivity index (χ1v) is 14.1. The Labute approximate surface area is 212 Å². The Morgan fingerprint density at radius 2 is 1.89 bits per heavy atom. The number of benzene rings is 2. The molecule has 0 spiro atoms. The summed E-state index contributed by atoms with van der Waals surface area (Å²) in [7, 11) is -3.47. The number of thioether (sulfide) groups is 1. The number of hydrogen-bond acceptors (Lipinski definition) is 9. The third-order valence-corrected chi connectivity index (χ3v) is 7.06. The van der Waals surface area contributed by atoms with E-state index in [9.17, 15) is 26.4 Å². The van der Waals surface area contributed by atoms with Gasteiger partial charge in [0, 0.05) is 17.9 Å². The average molecular weight is 555 g/mol. The van der Waals surface area contributed by atoms with Crippen LogP contribution in [0.4, 0.5) is 13.2 Å². The molecular formula is C22H17F3N4O4S3. The average Bonchev–Trinajstić information content (AvgIpc) is 3.49. The third-order valence-electron chi connectivity index (χ3n) is 4.83. The topological polar surface area (TPSA) is 104 Å². The molecular weight excluding hydrogens is 537 g/mol. The van der Waals surface area contributed by atoms with Crippen molar-refractivity contribution in [1.29, 1.82) is 0 Å². The number of alkyl halides is 3. The lowest BCUT2D eigenvalue weighted by Crippen LogP contribution is -2.13. The molecule has 0 amide bonds. The summed E-state index contributed by atoms with van der Waals surface area (Å²) in [5.41, 5.74) is -1.01. The van der Waals surface area contributed by atoms with Crippen LogP contribution in [0.2, 0.25) is 0 Å². The fraction of sp³-hybridized carbons (Fsp3) is 0.182. The van der Waals surface area contributed by atoms with Crippen LogP contribution in [0.1, 0.15) is 16.1 Å². The molecule has 188 valence electrons. The molecule has 0 aliphatic heterocycles. The molecule has 2 aromatic heterocycles. The molecule has 2 aromatic carbocycles. The lowest BCUT2D eigenvalue weighted by molar-refractivity contribution is -0.137. The van der Waals surface area contributed by atoms with Crippen molar-refractivity contribution in [2.24, 2.45) is 0 Å². The molecule has 0 radical (unpaired) electrons. The van der Waals surface area contributed by atoms with E-state index in [1.807, 2.05) is 0 Å². The normalized spacial score (nSPS) is 12.0. The van der Waals surface area contributed by atoms with Gasteiger partial charge in [-0.15, -0.1) is 11.8 Å². The maximum Gasteiger partial charge on any atom is 0.418 e. The fourth-order valence-electron chi connectivity index (χ4n) is 3.21. The van der Waals surface area contributed by atoms with Gasteiger partial charge < -0.3 is 4.74 Å². The molecule has 4 rings (SSSR count). The van der Waals surface area contributed by atoms with Gasteiger partial charge in [-0.2, -0.15) is 22.6 Å². The zero-order valence-corrected chi connectivity index (χ0v) is 21.1. The number of ether oxygens (including phenoxy) is 1. The molecule has 0 bridgehead atoms. The molecule has 14 heteroatoms. The summed E-state index contributed by atoms with van der Waals surface area (Å²) in [5, 5.41) is 4.42. The largest absolute Gasteiger partial charge is 0.450 e. The van der Waals surface area contributed by atoms with Crippen LogP contribution in [0.15, 0.2) is 59.5 Å². The van der Waals surface area contributed by atoms with Gasteiger partial charge in [0.1, 0.15) is 16.6 Å². The van der Waals surface area contributed by atoms with Crippen LogP contribution >= 0.6 is 23.3 Å². The minimum Gasteiger partial charge on any atom is -0.450 e. The Balaban J connectivity index is 1.85. The number of nitrogens with zero attached hydrogens (tertiary/aromatic N) is 4. The lowest BCUT2D eigenvalue weighted by Gasteiger charge is -2.13. The molecule has 0 aliphatic rings. The smallest absolute Gasteiger partial charge is 0.418 e. The predicted molar refractivity (Wildman–Crippen MR) is 130 cm³/mol. The summed E-state index contributed by atoms with van der Waals surface area (Å²) in [5.74, 6) is -0.769. The number of halogens is 3. The Hall–Kier alpha value is -3.23. The van der Waals surface area contributed by atoms with Crippen molar-refractivity contribution in [3.63, 3.8) is 0 Å². The van der Waals surface area contributed by atoms with Crippen molar-refractivity contribution in [3.8, 4) is 27.8 Å². The van der Waals surface area contributed by atoms with Crippen LogP contribution in [-0.2, 0) is 20.8 Å². The highest BCUT2D eigenvalue weighted by atomic mass is 32.2. The third kappa shape index (κ3) is 5.44. The molecule has 0 saturated carbocycles. The molecule has 0 fully saturated rings. The Kier molecular flexibility index (Phi) is 7.20. The zero-order chi connectivity index (χ0) is 26.1. The van der Waals surface area contributed by atoms with Crippen LogP contribution in [0.5, 0.6) is 0 Å². The van der Waals surface area contributed by atoms with Crippen molar-refractivity contribution in [3.05, 3.63) is 65.9 Å². The Morgan fingerprint density at radius 1 is 1.14 bits per heavy atom. The standard InChI is InChI=1S/C22H17F3N4O4S3/c1-34-12-33-21(30)16-11-18(29(27-16)17-9-4-3-8-15(17)22(23,24)25)19-26-20(35-28-19)13-6-5-7-14(10-13)36(2,31)32/h3-11H,12H2,1-2H3. The first-order chi connectivity index (χ1) is 17.0. The van der Waals surface area contributed by atoms with Crippen LogP contribution < -0.4 is 0 Å².